The first kappa shape index (κ1) is 14.7. The van der Waals surface area contributed by atoms with E-state index < -0.39 is 0 Å². The lowest BCUT2D eigenvalue weighted by Crippen LogP contribution is -2.15. The molecule has 3 rings (SSSR count). The Bertz CT molecular complexity index is 728. The van der Waals surface area contributed by atoms with E-state index >= 15 is 0 Å². The minimum absolute atomic E-state index is 0.201. The second-order valence-electron chi connectivity index (χ2n) is 5.58. The molecule has 2 aromatic heterocycles. The van der Waals surface area contributed by atoms with Crippen LogP contribution in [0.5, 0.6) is 0 Å². The predicted molar refractivity (Wildman–Crippen MR) is 80.6 cm³/mol. The van der Waals surface area contributed by atoms with E-state index in [1.165, 1.54) is 12.8 Å². The lowest BCUT2D eigenvalue weighted by Gasteiger charge is -2.10. The molecule has 0 unspecified atom stereocenters. The van der Waals surface area contributed by atoms with Gasteiger partial charge in [0.1, 0.15) is 11.2 Å². The minimum Gasteiger partial charge on any atom is -0.466 e. The molecule has 0 saturated heterocycles. The molecule has 0 atom stereocenters. The fourth-order valence-electron chi connectivity index (χ4n) is 2.97. The van der Waals surface area contributed by atoms with E-state index in [1.807, 2.05) is 4.68 Å². The van der Waals surface area contributed by atoms with E-state index in [2.05, 4.69) is 15.1 Å². The second kappa shape index (κ2) is 6.29. The average Bonchev–Trinajstić information content (AvgIpc) is 3.14. The molecule has 7 heteroatoms. The number of aromatic amines is 1. The van der Waals surface area contributed by atoms with Crippen molar-refractivity contribution in [2.45, 2.75) is 51.5 Å². The Morgan fingerprint density at radius 1 is 1.45 bits per heavy atom. The number of fused-ring (bicyclic) bond motifs is 1. The highest BCUT2D eigenvalue weighted by Gasteiger charge is 2.21. The van der Waals surface area contributed by atoms with Crippen molar-refractivity contribution in [2.75, 3.05) is 6.61 Å². The number of aryl methyl sites for hydroxylation is 1. The number of hydrogen-bond acceptors (Lipinski definition) is 5. The number of ether oxygens (including phenoxy) is 1. The Kier molecular flexibility index (Phi) is 4.22. The monoisotopic (exact) mass is 304 g/mol. The first-order valence-corrected chi connectivity index (χ1v) is 7.81. The molecule has 7 nitrogen and oxygen atoms in total. The Labute approximate surface area is 127 Å². The Morgan fingerprint density at radius 2 is 2.23 bits per heavy atom. The summed E-state index contributed by atoms with van der Waals surface area (Å²) in [5.41, 5.74) is 0.419. The highest BCUT2D eigenvalue weighted by Crippen LogP contribution is 2.30. The number of aromatic nitrogens is 4. The van der Waals surface area contributed by atoms with Gasteiger partial charge >= 0.3 is 5.97 Å². The van der Waals surface area contributed by atoms with Crippen LogP contribution in [0.2, 0.25) is 0 Å². The van der Waals surface area contributed by atoms with Crippen molar-refractivity contribution < 1.29 is 9.53 Å². The second-order valence-corrected chi connectivity index (χ2v) is 5.58. The SMILES string of the molecule is CCOC(=O)CCc1nc2c(cnn2C2CCCC2)c(=O)[nH]1. The lowest BCUT2D eigenvalue weighted by molar-refractivity contribution is -0.143. The van der Waals surface area contributed by atoms with Crippen LogP contribution in [-0.2, 0) is 16.0 Å². The number of nitrogens with zero attached hydrogens (tertiary/aromatic N) is 3. The molecule has 0 radical (unpaired) electrons. The van der Waals surface area contributed by atoms with Crippen LogP contribution in [0.4, 0.5) is 0 Å². The van der Waals surface area contributed by atoms with E-state index in [1.54, 1.807) is 13.1 Å². The first-order valence-electron chi connectivity index (χ1n) is 7.81. The Balaban J connectivity index is 1.87. The zero-order chi connectivity index (χ0) is 15.5. The highest BCUT2D eigenvalue weighted by atomic mass is 16.5. The van der Waals surface area contributed by atoms with Gasteiger partial charge in [-0.3, -0.25) is 9.59 Å². The van der Waals surface area contributed by atoms with Gasteiger partial charge < -0.3 is 9.72 Å². The van der Waals surface area contributed by atoms with Gasteiger partial charge in [-0.15, -0.1) is 0 Å². The van der Waals surface area contributed by atoms with Gasteiger partial charge in [-0.2, -0.15) is 5.10 Å². The number of nitrogens with one attached hydrogen (secondary N) is 1. The van der Waals surface area contributed by atoms with Gasteiger partial charge in [-0.1, -0.05) is 12.8 Å². The quantitative estimate of drug-likeness (QED) is 0.850. The number of H-pyrrole nitrogens is 1. The van der Waals surface area contributed by atoms with E-state index in [0.29, 0.717) is 35.9 Å². The number of carbonyl (C=O) groups excluding carboxylic acids is 1. The van der Waals surface area contributed by atoms with Gasteiger partial charge in [-0.25, -0.2) is 9.67 Å². The molecule has 22 heavy (non-hydrogen) atoms. The van der Waals surface area contributed by atoms with Gasteiger partial charge in [0.15, 0.2) is 5.65 Å². The van der Waals surface area contributed by atoms with Crippen LogP contribution < -0.4 is 5.56 Å². The maximum Gasteiger partial charge on any atom is 0.306 e. The van der Waals surface area contributed by atoms with E-state index in [0.717, 1.165) is 12.8 Å². The zero-order valence-corrected chi connectivity index (χ0v) is 12.7. The molecule has 1 N–H and O–H groups in total. The summed E-state index contributed by atoms with van der Waals surface area (Å²) in [7, 11) is 0. The molecule has 0 aliphatic heterocycles. The molecular weight excluding hydrogens is 284 g/mol. The third kappa shape index (κ3) is 2.88. The van der Waals surface area contributed by atoms with Gasteiger partial charge in [0.05, 0.1) is 25.3 Å². The van der Waals surface area contributed by atoms with Crippen LogP contribution >= 0.6 is 0 Å². The predicted octanol–water partition coefficient (Wildman–Crippen LogP) is 1.73. The Morgan fingerprint density at radius 3 is 2.95 bits per heavy atom. The van der Waals surface area contributed by atoms with Crippen LogP contribution in [0.3, 0.4) is 0 Å². The minimum atomic E-state index is -0.283. The molecule has 2 heterocycles. The number of esters is 1. The van der Waals surface area contributed by atoms with Crippen molar-refractivity contribution in [2.24, 2.45) is 0 Å². The molecule has 0 bridgehead atoms. The molecule has 2 aromatic rings. The van der Waals surface area contributed by atoms with Crippen molar-refractivity contribution in [1.29, 1.82) is 0 Å². The number of rotatable bonds is 5. The van der Waals surface area contributed by atoms with Gasteiger partial charge in [-0.05, 0) is 19.8 Å². The highest BCUT2D eigenvalue weighted by molar-refractivity contribution is 5.73. The average molecular weight is 304 g/mol. The fraction of sp³-hybridized carbons (Fsp3) is 0.600. The summed E-state index contributed by atoms with van der Waals surface area (Å²) in [5.74, 6) is 0.222. The van der Waals surface area contributed by atoms with Crippen molar-refractivity contribution >= 4 is 17.0 Å². The maximum atomic E-state index is 12.1. The van der Waals surface area contributed by atoms with Gasteiger partial charge in [0.25, 0.3) is 5.56 Å². The third-order valence-corrected chi connectivity index (χ3v) is 4.05. The molecule has 1 aliphatic carbocycles. The Hall–Kier alpha value is -2.18. The summed E-state index contributed by atoms with van der Waals surface area (Å²) in [5, 5.41) is 4.85. The molecular formula is C15H20N4O3. The van der Waals surface area contributed by atoms with E-state index in [4.69, 9.17) is 4.74 Å². The third-order valence-electron chi connectivity index (χ3n) is 4.05. The molecule has 1 fully saturated rings. The zero-order valence-electron chi connectivity index (χ0n) is 12.7. The smallest absolute Gasteiger partial charge is 0.306 e. The summed E-state index contributed by atoms with van der Waals surface area (Å²) >= 11 is 0. The van der Waals surface area contributed by atoms with Crippen LogP contribution in [0.1, 0.15) is 50.9 Å². The largest absolute Gasteiger partial charge is 0.466 e. The summed E-state index contributed by atoms with van der Waals surface area (Å²) in [6.45, 7) is 2.13. The van der Waals surface area contributed by atoms with Crippen molar-refractivity contribution in [1.82, 2.24) is 19.7 Å². The summed E-state index contributed by atoms with van der Waals surface area (Å²) < 4.78 is 6.76. The molecule has 1 saturated carbocycles. The van der Waals surface area contributed by atoms with Crippen molar-refractivity contribution in [3.05, 3.63) is 22.4 Å². The fourth-order valence-corrected chi connectivity index (χ4v) is 2.97. The van der Waals surface area contributed by atoms with Crippen LogP contribution in [0.25, 0.3) is 11.0 Å². The molecule has 118 valence electrons. The van der Waals surface area contributed by atoms with Gasteiger partial charge in [0, 0.05) is 6.42 Å². The van der Waals surface area contributed by atoms with Crippen molar-refractivity contribution in [3.8, 4) is 0 Å². The van der Waals surface area contributed by atoms with E-state index in [9.17, 15) is 9.59 Å². The van der Waals surface area contributed by atoms with Gasteiger partial charge in [0.2, 0.25) is 0 Å². The standard InChI is InChI=1S/C15H20N4O3/c1-2-22-13(20)8-7-12-17-14-11(15(21)18-12)9-16-19(14)10-5-3-4-6-10/h9-10H,2-8H2,1H3,(H,17,18,21). The molecule has 0 amide bonds. The van der Waals surface area contributed by atoms with E-state index in [-0.39, 0.29) is 17.9 Å². The molecule has 1 aliphatic rings. The van der Waals surface area contributed by atoms with Crippen LogP contribution in [0, 0.1) is 0 Å². The topological polar surface area (TPSA) is 89.9 Å². The van der Waals surface area contributed by atoms with Crippen LogP contribution in [-0.4, -0.2) is 32.3 Å². The maximum absolute atomic E-state index is 12.1. The lowest BCUT2D eigenvalue weighted by atomic mass is 10.2. The summed E-state index contributed by atoms with van der Waals surface area (Å²) in [6, 6.07) is 0.324. The number of hydrogen-bond donors (Lipinski definition) is 1. The normalized spacial score (nSPS) is 15.5. The van der Waals surface area contributed by atoms with Crippen LogP contribution in [0.15, 0.2) is 11.0 Å². The molecule has 0 spiro atoms. The van der Waals surface area contributed by atoms with Crippen molar-refractivity contribution in [3.63, 3.8) is 0 Å². The summed E-state index contributed by atoms with van der Waals surface area (Å²) in [4.78, 5) is 30.8. The molecule has 0 aromatic carbocycles. The first-order chi connectivity index (χ1) is 10.7. The number of carbonyl (C=O) groups is 1. The summed E-state index contributed by atoms with van der Waals surface area (Å²) in [6.07, 6.45) is 6.66.